The van der Waals surface area contributed by atoms with Gasteiger partial charge >= 0.3 is 6.03 Å². The second kappa shape index (κ2) is 8.97. The van der Waals surface area contributed by atoms with Gasteiger partial charge in [0.1, 0.15) is 4.21 Å². The molecule has 27 heavy (non-hydrogen) atoms. The zero-order valence-electron chi connectivity index (χ0n) is 15.3. The van der Waals surface area contributed by atoms with Crippen LogP contribution in [-0.2, 0) is 16.6 Å². The van der Waals surface area contributed by atoms with Crippen molar-refractivity contribution in [1.29, 1.82) is 0 Å². The molecule has 10 nitrogen and oxygen atoms in total. The first kappa shape index (κ1) is 20.9. The normalized spacial score (nSPS) is 11.3. The smallest absolute Gasteiger partial charge is 0.335 e. The summed E-state index contributed by atoms with van der Waals surface area (Å²) in [5.41, 5.74) is 0.615. The van der Waals surface area contributed by atoms with Crippen molar-refractivity contribution < 1.29 is 22.7 Å². The molecule has 2 heterocycles. The zero-order chi connectivity index (χ0) is 20.0. The molecule has 0 spiro atoms. The van der Waals surface area contributed by atoms with E-state index in [0.717, 1.165) is 17.9 Å². The molecule has 2 aromatic heterocycles. The second-order valence-electron chi connectivity index (χ2n) is 5.40. The van der Waals surface area contributed by atoms with Crippen LogP contribution >= 0.6 is 11.3 Å². The first-order valence-corrected chi connectivity index (χ1v) is 10.2. The summed E-state index contributed by atoms with van der Waals surface area (Å²) in [6.07, 6.45) is 0. The Balaban J connectivity index is 2.15. The van der Waals surface area contributed by atoms with Crippen LogP contribution in [0, 0.1) is 0 Å². The zero-order valence-corrected chi connectivity index (χ0v) is 17.0. The van der Waals surface area contributed by atoms with Gasteiger partial charge in [0.05, 0.1) is 20.3 Å². The van der Waals surface area contributed by atoms with Crippen LogP contribution in [0.15, 0.2) is 21.7 Å². The molecule has 0 bridgehead atoms. The van der Waals surface area contributed by atoms with E-state index in [0.29, 0.717) is 12.1 Å². The van der Waals surface area contributed by atoms with E-state index in [2.05, 4.69) is 15.3 Å². The van der Waals surface area contributed by atoms with Gasteiger partial charge in [-0.15, -0.1) is 11.3 Å². The van der Waals surface area contributed by atoms with Gasteiger partial charge in [-0.25, -0.2) is 17.9 Å². The summed E-state index contributed by atoms with van der Waals surface area (Å²) < 4.78 is 37.1. The lowest BCUT2D eigenvalue weighted by molar-refractivity contribution is 0.256. The highest BCUT2D eigenvalue weighted by Gasteiger charge is 2.24. The van der Waals surface area contributed by atoms with E-state index in [1.54, 1.807) is 11.4 Å². The van der Waals surface area contributed by atoms with E-state index in [-0.39, 0.29) is 21.9 Å². The summed E-state index contributed by atoms with van der Waals surface area (Å²) in [5, 5.41) is 3.93. The molecule has 0 aliphatic heterocycles. The van der Waals surface area contributed by atoms with Crippen LogP contribution in [-0.4, -0.2) is 57.1 Å². The molecule has 2 rings (SSSR count). The monoisotopic (exact) mass is 415 g/mol. The number of nitrogens with zero attached hydrogens (tertiary/aromatic N) is 3. The molecule has 0 aliphatic carbocycles. The predicted octanol–water partition coefficient (Wildman–Crippen LogP) is 1.52. The quantitative estimate of drug-likeness (QED) is 0.665. The van der Waals surface area contributed by atoms with Gasteiger partial charge in [0.25, 0.3) is 10.0 Å². The lowest BCUT2D eigenvalue weighted by atomic mass is 10.3. The molecule has 0 radical (unpaired) electrons. The maximum Gasteiger partial charge on any atom is 0.335 e. The number of hydrogen-bond acceptors (Lipinski definition) is 9. The summed E-state index contributed by atoms with van der Waals surface area (Å²) in [6, 6.07) is 2.15. The van der Waals surface area contributed by atoms with E-state index in [1.807, 2.05) is 23.6 Å². The Kier molecular flexibility index (Phi) is 6.93. The van der Waals surface area contributed by atoms with Gasteiger partial charge < -0.3 is 14.4 Å². The van der Waals surface area contributed by atoms with Crippen LogP contribution in [0.4, 0.5) is 10.7 Å². The molecular formula is C15H21N5O5S2. The number of nitrogens with one attached hydrogen (secondary N) is 2. The molecule has 0 aliphatic rings. The highest BCUT2D eigenvalue weighted by Crippen LogP contribution is 2.24. The highest BCUT2D eigenvalue weighted by molar-refractivity contribution is 7.92. The summed E-state index contributed by atoms with van der Waals surface area (Å²) in [5.74, 6) is 0.155. The van der Waals surface area contributed by atoms with Gasteiger partial charge in [0.2, 0.25) is 17.7 Å². The summed E-state index contributed by atoms with van der Waals surface area (Å²) >= 11 is 1.04. The lowest BCUT2D eigenvalue weighted by Crippen LogP contribution is -2.35. The first-order chi connectivity index (χ1) is 12.8. The number of carbonyl (C=O) groups excluding carboxylic acids is 1. The third-order valence-corrected chi connectivity index (χ3v) is 6.38. The molecule has 0 saturated carbocycles. The molecule has 148 valence electrons. The topological polar surface area (TPSA) is 123 Å². The molecule has 0 atom stereocenters. The van der Waals surface area contributed by atoms with Crippen molar-refractivity contribution >= 4 is 33.3 Å². The minimum Gasteiger partial charge on any atom is -0.481 e. The van der Waals surface area contributed by atoms with Crippen LogP contribution in [0.25, 0.3) is 0 Å². The summed E-state index contributed by atoms with van der Waals surface area (Å²) in [4.78, 5) is 21.9. The number of hydrogen-bond donors (Lipinski definition) is 2. The van der Waals surface area contributed by atoms with Crippen molar-refractivity contribution in [2.24, 2.45) is 0 Å². The summed E-state index contributed by atoms with van der Waals surface area (Å²) in [6.45, 7) is 3.18. The van der Waals surface area contributed by atoms with Crippen LogP contribution in [0.3, 0.4) is 0 Å². The largest absolute Gasteiger partial charge is 0.481 e. The van der Waals surface area contributed by atoms with E-state index < -0.39 is 16.1 Å². The molecule has 2 N–H and O–H groups in total. The number of methoxy groups -OCH3 is 2. The number of thiophene rings is 1. The van der Waals surface area contributed by atoms with E-state index >= 15 is 0 Å². The molecule has 12 heteroatoms. The third-order valence-electron chi connectivity index (χ3n) is 3.48. The minimum absolute atomic E-state index is 0.0853. The van der Waals surface area contributed by atoms with E-state index in [9.17, 15) is 13.2 Å². The Hall–Kier alpha value is -2.44. The average Bonchev–Trinajstić information content (AvgIpc) is 3.09. The number of amides is 2. The molecule has 0 aromatic carbocycles. The number of sulfonamides is 1. The van der Waals surface area contributed by atoms with Gasteiger partial charge in [-0.1, -0.05) is 6.92 Å². The maximum absolute atomic E-state index is 12.6. The molecule has 0 saturated heterocycles. The Bertz CT molecular complexity index is 878. The van der Waals surface area contributed by atoms with Crippen molar-refractivity contribution in [3.05, 3.63) is 23.1 Å². The van der Waals surface area contributed by atoms with Crippen LogP contribution in [0.5, 0.6) is 11.8 Å². The van der Waals surface area contributed by atoms with Crippen LogP contribution in [0.1, 0.15) is 12.5 Å². The standard InChI is InChI=1S/C15H21N5O5S2/c1-5-20(2)9-10-6-7-26-13(10)27(22,23)19-15(21)18-14-16-11(24-3)8-12(17-14)25-4/h6-8H,5,9H2,1-4H3,(H2,16,17,18,19,21). The fourth-order valence-corrected chi connectivity index (χ4v) is 4.35. The Morgan fingerprint density at radius 3 is 2.44 bits per heavy atom. The Labute approximate surface area is 161 Å². The highest BCUT2D eigenvalue weighted by atomic mass is 32.2. The fraction of sp³-hybridized carbons (Fsp3) is 0.400. The molecular weight excluding hydrogens is 394 g/mol. The van der Waals surface area contributed by atoms with Crippen LogP contribution in [0.2, 0.25) is 0 Å². The number of ether oxygens (including phenoxy) is 2. The molecule has 0 unspecified atom stereocenters. The molecule has 2 aromatic rings. The second-order valence-corrected chi connectivity index (χ2v) is 8.19. The van der Waals surface area contributed by atoms with E-state index in [1.165, 1.54) is 20.3 Å². The summed E-state index contributed by atoms with van der Waals surface area (Å²) in [7, 11) is 0.618. The van der Waals surface area contributed by atoms with E-state index in [4.69, 9.17) is 9.47 Å². The van der Waals surface area contributed by atoms with Gasteiger partial charge in [-0.3, -0.25) is 5.32 Å². The molecule has 2 amide bonds. The van der Waals surface area contributed by atoms with Gasteiger partial charge in [-0.2, -0.15) is 9.97 Å². The number of urea groups is 1. The van der Waals surface area contributed by atoms with Crippen molar-refractivity contribution in [2.45, 2.75) is 17.7 Å². The van der Waals surface area contributed by atoms with Crippen molar-refractivity contribution in [1.82, 2.24) is 19.6 Å². The number of aromatic nitrogens is 2. The average molecular weight is 415 g/mol. The molecule has 0 fully saturated rings. The number of rotatable bonds is 8. The van der Waals surface area contributed by atoms with Crippen LogP contribution < -0.4 is 19.5 Å². The lowest BCUT2D eigenvalue weighted by Gasteiger charge is -2.14. The third kappa shape index (κ3) is 5.52. The number of anilines is 1. The minimum atomic E-state index is -4.04. The van der Waals surface area contributed by atoms with Crippen molar-refractivity contribution in [3.8, 4) is 11.8 Å². The first-order valence-electron chi connectivity index (χ1n) is 7.84. The predicted molar refractivity (Wildman–Crippen MR) is 101 cm³/mol. The van der Waals surface area contributed by atoms with Crippen molar-refractivity contribution in [2.75, 3.05) is 33.1 Å². The fourth-order valence-electron chi connectivity index (χ4n) is 2.04. The van der Waals surface area contributed by atoms with Gasteiger partial charge in [0, 0.05) is 6.54 Å². The van der Waals surface area contributed by atoms with Gasteiger partial charge in [0.15, 0.2) is 0 Å². The maximum atomic E-state index is 12.6. The number of carbonyl (C=O) groups is 1. The SMILES string of the molecule is CCN(C)Cc1ccsc1S(=O)(=O)NC(=O)Nc1nc(OC)cc(OC)n1. The Morgan fingerprint density at radius 1 is 1.26 bits per heavy atom. The Morgan fingerprint density at radius 2 is 1.89 bits per heavy atom. The van der Waals surface area contributed by atoms with Gasteiger partial charge in [-0.05, 0) is 30.6 Å². The van der Waals surface area contributed by atoms with Crippen molar-refractivity contribution in [3.63, 3.8) is 0 Å².